The standard InChI is InChI=1S/C14H24N2O4S/c1-19-10-5-8-16(9-11-20-2)21(17,18)12-13-6-3-4-7-14(13)15/h3-4,6-7H,5,8-12,15H2,1-2H3. The highest BCUT2D eigenvalue weighted by Gasteiger charge is 2.22. The van der Waals surface area contributed by atoms with Crippen molar-refractivity contribution in [2.45, 2.75) is 12.2 Å². The lowest BCUT2D eigenvalue weighted by Crippen LogP contribution is -2.36. The van der Waals surface area contributed by atoms with Gasteiger partial charge < -0.3 is 15.2 Å². The van der Waals surface area contributed by atoms with Crippen LogP contribution in [-0.4, -0.2) is 53.2 Å². The lowest BCUT2D eigenvalue weighted by molar-refractivity contribution is 0.164. The number of rotatable bonds is 10. The number of para-hydroxylation sites is 1. The molecule has 0 aromatic heterocycles. The molecule has 0 saturated heterocycles. The maximum atomic E-state index is 12.5. The molecule has 0 saturated carbocycles. The van der Waals surface area contributed by atoms with Crippen LogP contribution in [0.4, 0.5) is 5.69 Å². The quantitative estimate of drug-likeness (QED) is 0.516. The van der Waals surface area contributed by atoms with Gasteiger partial charge in [0.1, 0.15) is 0 Å². The Hall–Kier alpha value is -1.15. The molecule has 21 heavy (non-hydrogen) atoms. The molecule has 0 heterocycles. The Morgan fingerprint density at radius 3 is 2.38 bits per heavy atom. The predicted octanol–water partition coefficient (Wildman–Crippen LogP) is 1.08. The summed E-state index contributed by atoms with van der Waals surface area (Å²) in [6.07, 6.45) is 0.643. The lowest BCUT2D eigenvalue weighted by Gasteiger charge is -2.22. The van der Waals surface area contributed by atoms with E-state index in [0.29, 0.717) is 44.0 Å². The Labute approximate surface area is 126 Å². The van der Waals surface area contributed by atoms with Gasteiger partial charge in [-0.1, -0.05) is 18.2 Å². The van der Waals surface area contributed by atoms with Crippen molar-refractivity contribution >= 4 is 15.7 Å². The van der Waals surface area contributed by atoms with Gasteiger partial charge in [-0.05, 0) is 18.1 Å². The van der Waals surface area contributed by atoms with Gasteiger partial charge in [0.25, 0.3) is 0 Å². The first-order valence-corrected chi connectivity index (χ1v) is 8.41. The van der Waals surface area contributed by atoms with Crippen LogP contribution in [0.5, 0.6) is 0 Å². The molecule has 1 rings (SSSR count). The van der Waals surface area contributed by atoms with Crippen LogP contribution in [0.3, 0.4) is 0 Å². The molecular weight excluding hydrogens is 292 g/mol. The van der Waals surface area contributed by atoms with Gasteiger partial charge in [0.05, 0.1) is 12.4 Å². The van der Waals surface area contributed by atoms with Crippen LogP contribution < -0.4 is 5.73 Å². The Morgan fingerprint density at radius 1 is 1.10 bits per heavy atom. The maximum Gasteiger partial charge on any atom is 0.218 e. The van der Waals surface area contributed by atoms with Gasteiger partial charge in [-0.2, -0.15) is 4.31 Å². The fourth-order valence-corrected chi connectivity index (χ4v) is 3.52. The van der Waals surface area contributed by atoms with Gasteiger partial charge in [0, 0.05) is 39.6 Å². The predicted molar refractivity (Wildman–Crippen MR) is 83.4 cm³/mol. The number of hydrogen-bond donors (Lipinski definition) is 1. The van der Waals surface area contributed by atoms with Crippen molar-refractivity contribution in [1.82, 2.24) is 4.31 Å². The number of nitrogens with two attached hydrogens (primary N) is 1. The van der Waals surface area contributed by atoms with Gasteiger partial charge in [-0.3, -0.25) is 0 Å². The maximum absolute atomic E-state index is 12.5. The summed E-state index contributed by atoms with van der Waals surface area (Å²) in [6, 6.07) is 7.00. The van der Waals surface area contributed by atoms with Crippen LogP contribution in [0.1, 0.15) is 12.0 Å². The zero-order valence-corrected chi connectivity index (χ0v) is 13.4. The Morgan fingerprint density at radius 2 is 1.76 bits per heavy atom. The average Bonchev–Trinajstić information content (AvgIpc) is 2.45. The van der Waals surface area contributed by atoms with Crippen molar-refractivity contribution in [3.63, 3.8) is 0 Å². The van der Waals surface area contributed by atoms with E-state index < -0.39 is 10.0 Å². The lowest BCUT2D eigenvalue weighted by atomic mass is 10.2. The molecule has 0 atom stereocenters. The summed E-state index contributed by atoms with van der Waals surface area (Å²) in [5.41, 5.74) is 6.93. The number of methoxy groups -OCH3 is 2. The highest BCUT2D eigenvalue weighted by Crippen LogP contribution is 2.17. The minimum Gasteiger partial charge on any atom is -0.398 e. The zero-order valence-electron chi connectivity index (χ0n) is 12.6. The van der Waals surface area contributed by atoms with Crippen molar-refractivity contribution in [1.29, 1.82) is 0 Å². The van der Waals surface area contributed by atoms with Gasteiger partial charge in [0.2, 0.25) is 10.0 Å². The molecule has 6 nitrogen and oxygen atoms in total. The first-order valence-electron chi connectivity index (χ1n) is 6.80. The highest BCUT2D eigenvalue weighted by atomic mass is 32.2. The summed E-state index contributed by atoms with van der Waals surface area (Å²) in [5.74, 6) is -0.101. The number of nitrogen functional groups attached to an aromatic ring is 1. The molecule has 120 valence electrons. The third kappa shape index (κ3) is 6.01. The molecule has 1 aromatic carbocycles. The molecule has 0 fully saturated rings. The molecule has 0 bridgehead atoms. The van der Waals surface area contributed by atoms with Crippen molar-refractivity contribution < 1.29 is 17.9 Å². The largest absolute Gasteiger partial charge is 0.398 e. The third-order valence-electron chi connectivity index (χ3n) is 3.09. The second kappa shape index (κ2) is 8.99. The monoisotopic (exact) mass is 316 g/mol. The van der Waals surface area contributed by atoms with Gasteiger partial charge >= 0.3 is 0 Å². The normalized spacial score (nSPS) is 12.0. The molecule has 0 aliphatic rings. The Bertz CT molecular complexity index is 519. The van der Waals surface area contributed by atoms with Crippen molar-refractivity contribution in [3.05, 3.63) is 29.8 Å². The summed E-state index contributed by atoms with van der Waals surface area (Å²) >= 11 is 0. The van der Waals surface area contributed by atoms with Gasteiger partial charge in [-0.25, -0.2) is 8.42 Å². The highest BCUT2D eigenvalue weighted by molar-refractivity contribution is 7.88. The van der Waals surface area contributed by atoms with E-state index in [-0.39, 0.29) is 5.75 Å². The molecule has 2 N–H and O–H groups in total. The fraction of sp³-hybridized carbons (Fsp3) is 0.571. The summed E-state index contributed by atoms with van der Waals surface area (Å²) in [4.78, 5) is 0. The summed E-state index contributed by atoms with van der Waals surface area (Å²) < 4.78 is 36.4. The third-order valence-corrected chi connectivity index (χ3v) is 4.91. The summed E-state index contributed by atoms with van der Waals surface area (Å²) in [5, 5.41) is 0. The van der Waals surface area contributed by atoms with E-state index in [1.165, 1.54) is 4.31 Å². The van der Waals surface area contributed by atoms with E-state index in [0.717, 1.165) is 0 Å². The molecular formula is C14H24N2O4S. The smallest absolute Gasteiger partial charge is 0.218 e. The number of hydrogen-bond acceptors (Lipinski definition) is 5. The van der Waals surface area contributed by atoms with Crippen LogP contribution in [0.2, 0.25) is 0 Å². The van der Waals surface area contributed by atoms with Gasteiger partial charge in [-0.15, -0.1) is 0 Å². The number of nitrogens with zero attached hydrogens (tertiary/aromatic N) is 1. The molecule has 0 aliphatic carbocycles. The Balaban J connectivity index is 2.79. The number of benzene rings is 1. The number of anilines is 1. The van der Waals surface area contributed by atoms with Crippen molar-refractivity contribution in [3.8, 4) is 0 Å². The molecule has 0 aliphatic heterocycles. The van der Waals surface area contributed by atoms with E-state index >= 15 is 0 Å². The topological polar surface area (TPSA) is 81.9 Å². The summed E-state index contributed by atoms with van der Waals surface area (Å²) in [6.45, 7) is 1.62. The Kier molecular flexibility index (Phi) is 7.66. The average molecular weight is 316 g/mol. The van der Waals surface area contributed by atoms with Crippen LogP contribution >= 0.6 is 0 Å². The molecule has 7 heteroatoms. The first kappa shape index (κ1) is 17.9. The van der Waals surface area contributed by atoms with Crippen LogP contribution in [0, 0.1) is 0 Å². The molecule has 0 radical (unpaired) electrons. The van der Waals surface area contributed by atoms with Crippen LogP contribution in [-0.2, 0) is 25.2 Å². The molecule has 0 unspecified atom stereocenters. The molecule has 0 amide bonds. The van der Waals surface area contributed by atoms with E-state index in [2.05, 4.69) is 0 Å². The number of ether oxygens (including phenoxy) is 2. The second-order valence-electron chi connectivity index (χ2n) is 4.69. The summed E-state index contributed by atoms with van der Waals surface area (Å²) in [7, 11) is -0.286. The second-order valence-corrected chi connectivity index (χ2v) is 6.66. The minimum absolute atomic E-state index is 0.101. The van der Waals surface area contributed by atoms with Crippen molar-refractivity contribution in [2.75, 3.05) is 46.3 Å². The van der Waals surface area contributed by atoms with E-state index in [9.17, 15) is 8.42 Å². The minimum atomic E-state index is -3.43. The SMILES string of the molecule is COCCCN(CCOC)S(=O)(=O)Cc1ccccc1N. The van der Waals surface area contributed by atoms with E-state index in [1.807, 2.05) is 0 Å². The van der Waals surface area contributed by atoms with Crippen molar-refractivity contribution in [2.24, 2.45) is 0 Å². The van der Waals surface area contributed by atoms with Crippen LogP contribution in [0.25, 0.3) is 0 Å². The van der Waals surface area contributed by atoms with E-state index in [4.69, 9.17) is 15.2 Å². The fourth-order valence-electron chi connectivity index (χ4n) is 1.92. The number of sulfonamides is 1. The zero-order chi connectivity index (χ0) is 15.7. The van der Waals surface area contributed by atoms with Gasteiger partial charge in [0.15, 0.2) is 0 Å². The molecule has 0 spiro atoms. The first-order chi connectivity index (χ1) is 10.0. The molecule has 1 aromatic rings. The van der Waals surface area contributed by atoms with E-state index in [1.54, 1.807) is 38.5 Å². The van der Waals surface area contributed by atoms with Crippen LogP contribution in [0.15, 0.2) is 24.3 Å².